The molecule has 2 aliphatic heterocycles. The van der Waals surface area contributed by atoms with Crippen molar-refractivity contribution in [2.75, 3.05) is 19.6 Å². The number of rotatable bonds is 6. The lowest BCUT2D eigenvalue weighted by Crippen LogP contribution is -2.47. The first-order valence-corrected chi connectivity index (χ1v) is 9.11. The van der Waals surface area contributed by atoms with Crippen molar-refractivity contribution in [1.82, 2.24) is 20.9 Å². The zero-order chi connectivity index (χ0) is 19.3. The van der Waals surface area contributed by atoms with E-state index in [1.807, 2.05) is 19.9 Å². The number of carbonyl (C=O) groups excluding carboxylic acids is 3. The maximum atomic E-state index is 12.5. The second-order valence-electron chi connectivity index (χ2n) is 7.97. The van der Waals surface area contributed by atoms with Gasteiger partial charge in [0, 0.05) is 32.1 Å². The molecule has 4 N–H and O–H groups in total. The number of nitrogens with zero attached hydrogens (tertiary/aromatic N) is 1. The summed E-state index contributed by atoms with van der Waals surface area (Å²) in [6, 6.07) is -1.13. The van der Waals surface area contributed by atoms with Gasteiger partial charge in [-0.3, -0.25) is 9.59 Å². The summed E-state index contributed by atoms with van der Waals surface area (Å²) in [6.45, 7) is 8.64. The maximum Gasteiger partial charge on any atom is 0.315 e. The molecule has 146 valence electrons. The Kier molecular flexibility index (Phi) is 6.63. The summed E-state index contributed by atoms with van der Waals surface area (Å²) in [6.07, 6.45) is 3.21. The lowest BCUT2D eigenvalue weighted by Gasteiger charge is -2.25. The highest BCUT2D eigenvalue weighted by Crippen LogP contribution is 2.25. The van der Waals surface area contributed by atoms with Gasteiger partial charge in [-0.15, -0.1) is 6.58 Å². The van der Waals surface area contributed by atoms with E-state index in [0.717, 1.165) is 6.42 Å². The summed E-state index contributed by atoms with van der Waals surface area (Å²) >= 11 is 0. The van der Waals surface area contributed by atoms with Gasteiger partial charge in [0.2, 0.25) is 11.8 Å². The number of amides is 4. The van der Waals surface area contributed by atoms with Gasteiger partial charge in [0.15, 0.2) is 0 Å². The lowest BCUT2D eigenvalue weighted by atomic mass is 9.85. The fourth-order valence-corrected chi connectivity index (χ4v) is 3.51. The van der Waals surface area contributed by atoms with Crippen molar-refractivity contribution >= 4 is 17.8 Å². The molecule has 0 saturated carbocycles. The van der Waals surface area contributed by atoms with Crippen LogP contribution in [0.25, 0.3) is 0 Å². The van der Waals surface area contributed by atoms with Crippen LogP contribution in [0.15, 0.2) is 12.7 Å². The molecule has 2 rings (SSSR count). The van der Waals surface area contributed by atoms with Crippen LogP contribution in [0.5, 0.6) is 0 Å². The van der Waals surface area contributed by atoms with E-state index in [4.69, 9.17) is 0 Å². The van der Waals surface area contributed by atoms with Crippen LogP contribution in [-0.4, -0.2) is 65.7 Å². The monoisotopic (exact) mass is 366 g/mol. The van der Waals surface area contributed by atoms with E-state index in [2.05, 4.69) is 22.5 Å². The summed E-state index contributed by atoms with van der Waals surface area (Å²) in [5, 5.41) is 18.4. The van der Waals surface area contributed by atoms with Crippen molar-refractivity contribution in [3.63, 3.8) is 0 Å². The van der Waals surface area contributed by atoms with E-state index in [1.165, 1.54) is 0 Å². The van der Waals surface area contributed by atoms with Crippen LogP contribution in [0.4, 0.5) is 4.79 Å². The normalized spacial score (nSPS) is 26.5. The van der Waals surface area contributed by atoms with E-state index in [9.17, 15) is 19.5 Å². The van der Waals surface area contributed by atoms with Crippen molar-refractivity contribution in [2.24, 2.45) is 5.41 Å². The molecule has 0 aromatic rings. The van der Waals surface area contributed by atoms with Crippen molar-refractivity contribution in [3.8, 4) is 0 Å². The number of nitrogens with one attached hydrogen (secondary N) is 3. The summed E-state index contributed by atoms with van der Waals surface area (Å²) in [5.41, 5.74) is -0.162. The number of carbonyl (C=O) groups is 3. The Balaban J connectivity index is 1.88. The molecule has 2 fully saturated rings. The molecular formula is C18H30N4O4. The van der Waals surface area contributed by atoms with Crippen LogP contribution in [0.2, 0.25) is 0 Å². The lowest BCUT2D eigenvalue weighted by molar-refractivity contribution is -0.133. The van der Waals surface area contributed by atoms with Gasteiger partial charge in [-0.1, -0.05) is 19.9 Å². The Labute approximate surface area is 154 Å². The third kappa shape index (κ3) is 5.72. The number of allylic oxidation sites excluding steroid dienone is 1. The highest BCUT2D eigenvalue weighted by Gasteiger charge is 2.34. The minimum atomic E-state index is -0.710. The van der Waals surface area contributed by atoms with Gasteiger partial charge in [0.25, 0.3) is 0 Å². The van der Waals surface area contributed by atoms with Crippen molar-refractivity contribution in [2.45, 2.75) is 57.7 Å². The quantitative estimate of drug-likeness (QED) is 0.501. The average molecular weight is 366 g/mol. The molecule has 2 saturated heterocycles. The van der Waals surface area contributed by atoms with Crippen LogP contribution in [0.3, 0.4) is 0 Å². The maximum absolute atomic E-state index is 12.5. The van der Waals surface area contributed by atoms with Gasteiger partial charge < -0.3 is 26.0 Å². The highest BCUT2D eigenvalue weighted by molar-refractivity contribution is 5.90. The first-order valence-electron chi connectivity index (χ1n) is 9.11. The Hall–Kier alpha value is -2.09. The van der Waals surface area contributed by atoms with Gasteiger partial charge in [-0.05, 0) is 24.7 Å². The van der Waals surface area contributed by atoms with Gasteiger partial charge in [-0.25, -0.2) is 4.79 Å². The molecule has 3 atom stereocenters. The Morgan fingerprint density at radius 2 is 2.19 bits per heavy atom. The fourth-order valence-electron chi connectivity index (χ4n) is 3.51. The van der Waals surface area contributed by atoms with Crippen LogP contribution in [-0.2, 0) is 9.59 Å². The molecule has 0 aromatic heterocycles. The Morgan fingerprint density at radius 3 is 2.81 bits per heavy atom. The largest absolute Gasteiger partial charge is 0.391 e. The molecule has 0 radical (unpaired) electrons. The molecule has 8 heteroatoms. The molecule has 2 aliphatic rings. The summed E-state index contributed by atoms with van der Waals surface area (Å²) in [5.74, 6) is -0.262. The zero-order valence-corrected chi connectivity index (χ0v) is 15.6. The highest BCUT2D eigenvalue weighted by atomic mass is 16.3. The van der Waals surface area contributed by atoms with E-state index in [1.54, 1.807) is 4.90 Å². The van der Waals surface area contributed by atoms with E-state index < -0.39 is 12.1 Å². The first-order chi connectivity index (χ1) is 12.2. The molecule has 0 spiro atoms. The zero-order valence-electron chi connectivity index (χ0n) is 15.6. The molecule has 0 aromatic carbocycles. The molecule has 26 heavy (non-hydrogen) atoms. The third-order valence-corrected chi connectivity index (χ3v) is 4.82. The number of aliphatic hydroxyl groups excluding tert-OH is 1. The van der Waals surface area contributed by atoms with Crippen molar-refractivity contribution in [1.29, 1.82) is 0 Å². The minimum absolute atomic E-state index is 0.0546. The van der Waals surface area contributed by atoms with Crippen molar-refractivity contribution in [3.05, 3.63) is 12.7 Å². The fraction of sp³-hybridized carbons (Fsp3) is 0.722. The second-order valence-corrected chi connectivity index (χ2v) is 7.97. The molecule has 0 bridgehead atoms. The molecule has 0 aliphatic carbocycles. The molecule has 2 heterocycles. The van der Waals surface area contributed by atoms with Crippen LogP contribution < -0.4 is 16.0 Å². The van der Waals surface area contributed by atoms with E-state index in [-0.39, 0.29) is 42.4 Å². The van der Waals surface area contributed by atoms with E-state index in [0.29, 0.717) is 25.8 Å². The number of hydrogen-bond donors (Lipinski definition) is 4. The smallest absolute Gasteiger partial charge is 0.315 e. The second kappa shape index (κ2) is 8.53. The van der Waals surface area contributed by atoms with Crippen LogP contribution in [0.1, 0.15) is 39.5 Å². The molecule has 4 amide bonds. The van der Waals surface area contributed by atoms with Gasteiger partial charge >= 0.3 is 6.03 Å². The number of urea groups is 1. The summed E-state index contributed by atoms with van der Waals surface area (Å²) in [7, 11) is 0. The van der Waals surface area contributed by atoms with Gasteiger partial charge in [0.05, 0.1) is 6.10 Å². The van der Waals surface area contributed by atoms with Crippen molar-refractivity contribution < 1.29 is 19.5 Å². The first kappa shape index (κ1) is 20.2. The predicted octanol–water partition coefficient (Wildman–Crippen LogP) is 0.128. The summed E-state index contributed by atoms with van der Waals surface area (Å²) < 4.78 is 0. The standard InChI is InChI=1S/C18H30N4O4/c1-4-6-18(2,3)9-15(24)20-12-5-7-22(11-13(23)8-12)16(25)14-10-19-17(26)21-14/h4,12-14,23H,1,5-11H2,2-3H3,(H,20,24)(H2,19,21,26)/t12-,13-,14-/m1/s1. The van der Waals surface area contributed by atoms with Gasteiger partial charge in [0.1, 0.15) is 6.04 Å². The van der Waals surface area contributed by atoms with Crippen LogP contribution in [0, 0.1) is 5.41 Å². The molecule has 0 unspecified atom stereocenters. The topological polar surface area (TPSA) is 111 Å². The Bertz CT molecular complexity index is 563. The number of aliphatic hydroxyl groups is 1. The molecule has 8 nitrogen and oxygen atoms in total. The molecular weight excluding hydrogens is 336 g/mol. The SMILES string of the molecule is C=CCC(C)(C)CC(=O)N[C@@H]1CCN(C(=O)[C@H]2CNC(=O)N2)C[C@H](O)C1. The van der Waals surface area contributed by atoms with Gasteiger partial charge in [-0.2, -0.15) is 0 Å². The number of likely N-dealkylation sites (tertiary alicyclic amines) is 1. The minimum Gasteiger partial charge on any atom is -0.391 e. The predicted molar refractivity (Wildman–Crippen MR) is 97.3 cm³/mol. The average Bonchev–Trinajstić information content (AvgIpc) is 2.87. The number of β-amino-alcohol motifs (C(OH)–C–C–N with tert-alkyl or cyclic N) is 1. The van der Waals surface area contributed by atoms with E-state index >= 15 is 0 Å². The Morgan fingerprint density at radius 1 is 1.46 bits per heavy atom. The number of hydrogen-bond acceptors (Lipinski definition) is 4. The summed E-state index contributed by atoms with van der Waals surface area (Å²) in [4.78, 5) is 37.6. The third-order valence-electron chi connectivity index (χ3n) is 4.82. The van der Waals surface area contributed by atoms with Crippen LogP contribution >= 0.6 is 0 Å².